The first-order valence-electron chi connectivity index (χ1n) is 15.1. The average Bonchev–Trinajstić information content (AvgIpc) is 3.57. The Kier molecular flexibility index (Phi) is 4.99. The van der Waals surface area contributed by atoms with Crippen molar-refractivity contribution < 1.29 is 0 Å². The molecular formula is C41H30N2. The Morgan fingerprint density at radius 2 is 0.814 bits per heavy atom. The van der Waals surface area contributed by atoms with Crippen LogP contribution in [0.2, 0.25) is 0 Å². The minimum Gasteiger partial charge on any atom is -0.309 e. The van der Waals surface area contributed by atoms with Crippen molar-refractivity contribution in [3.8, 4) is 11.4 Å². The molecule has 43 heavy (non-hydrogen) atoms. The highest BCUT2D eigenvalue weighted by molar-refractivity contribution is 6.32. The minimum atomic E-state index is 1.21. The second kappa shape index (κ2) is 8.83. The van der Waals surface area contributed by atoms with Crippen molar-refractivity contribution in [3.05, 3.63) is 144 Å². The molecule has 2 nitrogen and oxygen atoms in total. The van der Waals surface area contributed by atoms with Gasteiger partial charge in [0.25, 0.3) is 0 Å². The Labute approximate surface area is 250 Å². The lowest BCUT2D eigenvalue weighted by Crippen LogP contribution is -2.04. The second-order valence-corrected chi connectivity index (χ2v) is 11.9. The molecule has 0 saturated carbocycles. The molecule has 0 aliphatic heterocycles. The molecule has 0 aliphatic carbocycles. The van der Waals surface area contributed by atoms with E-state index < -0.39 is 0 Å². The Hall–Kier alpha value is -5.34. The molecule has 0 bridgehead atoms. The van der Waals surface area contributed by atoms with E-state index in [1.54, 1.807) is 0 Å². The van der Waals surface area contributed by atoms with Crippen molar-refractivity contribution in [1.82, 2.24) is 9.13 Å². The maximum Gasteiger partial charge on any atom is 0.0626 e. The van der Waals surface area contributed by atoms with Gasteiger partial charge in [0.1, 0.15) is 0 Å². The molecule has 0 fully saturated rings. The molecule has 7 aromatic carbocycles. The molecule has 2 aromatic heterocycles. The predicted octanol–water partition coefficient (Wildman–Crippen LogP) is 11.1. The predicted molar refractivity (Wildman–Crippen MR) is 184 cm³/mol. The van der Waals surface area contributed by atoms with E-state index in [0.717, 1.165) is 0 Å². The summed E-state index contributed by atoms with van der Waals surface area (Å²) in [5, 5.41) is 10.4. The number of hydrogen-bond acceptors (Lipinski definition) is 0. The van der Waals surface area contributed by atoms with Crippen LogP contribution in [0.25, 0.3) is 76.5 Å². The number of benzene rings is 7. The second-order valence-electron chi connectivity index (χ2n) is 11.9. The average molecular weight is 551 g/mol. The fourth-order valence-corrected chi connectivity index (χ4v) is 7.67. The van der Waals surface area contributed by atoms with Crippen molar-refractivity contribution in [2.45, 2.75) is 20.8 Å². The zero-order chi connectivity index (χ0) is 28.8. The quantitative estimate of drug-likeness (QED) is 0.189. The largest absolute Gasteiger partial charge is 0.309 e. The van der Waals surface area contributed by atoms with Crippen LogP contribution in [0.4, 0.5) is 0 Å². The molecule has 0 aliphatic rings. The molecule has 0 saturated heterocycles. The first-order chi connectivity index (χ1) is 21.1. The van der Waals surface area contributed by atoms with Crippen molar-refractivity contribution >= 4 is 65.2 Å². The fourth-order valence-electron chi connectivity index (χ4n) is 7.67. The van der Waals surface area contributed by atoms with Crippen LogP contribution in [0, 0.1) is 20.8 Å². The van der Waals surface area contributed by atoms with Crippen LogP contribution in [0.1, 0.15) is 16.7 Å². The number of aromatic nitrogens is 2. The van der Waals surface area contributed by atoms with Gasteiger partial charge >= 0.3 is 0 Å². The zero-order valence-electron chi connectivity index (χ0n) is 24.5. The van der Waals surface area contributed by atoms with Crippen molar-refractivity contribution in [2.24, 2.45) is 0 Å². The monoisotopic (exact) mass is 550 g/mol. The SMILES string of the molecule is Cc1c(-n2c3ccccc3c3cccc(C)c32)cccc1-n1c2c(C)cccc2c2c3ccccc3c3ccccc3c21. The van der Waals surface area contributed by atoms with Crippen LogP contribution < -0.4 is 0 Å². The van der Waals surface area contributed by atoms with Gasteiger partial charge in [-0.15, -0.1) is 0 Å². The Balaban J connectivity index is 1.49. The lowest BCUT2D eigenvalue weighted by Gasteiger charge is -2.19. The normalized spacial score (nSPS) is 12.1. The van der Waals surface area contributed by atoms with E-state index in [2.05, 4.69) is 157 Å². The molecule has 9 aromatic rings. The number of para-hydroxylation sites is 3. The van der Waals surface area contributed by atoms with Crippen LogP contribution in [-0.4, -0.2) is 9.13 Å². The third kappa shape index (κ3) is 3.18. The van der Waals surface area contributed by atoms with Crippen LogP contribution in [-0.2, 0) is 0 Å². The number of nitrogens with zero attached hydrogens (tertiary/aromatic N) is 2. The highest BCUT2D eigenvalue weighted by atomic mass is 15.0. The highest BCUT2D eigenvalue weighted by Crippen LogP contribution is 2.44. The standard InChI is InChI=1S/C41H30N2/c1-25-13-10-20-33-30-17-8-9-22-37(30)42(39(25)33)35-23-12-24-36(27(35)3)43-40-26(2)14-11-21-34(40)38-31-18-6-4-15-28(31)29-16-5-7-19-32(29)41(38)43/h4-24H,1-3H3. The number of rotatable bonds is 2. The van der Waals surface area contributed by atoms with Gasteiger partial charge in [-0.1, -0.05) is 109 Å². The summed E-state index contributed by atoms with van der Waals surface area (Å²) >= 11 is 0. The maximum absolute atomic E-state index is 2.55. The van der Waals surface area contributed by atoms with E-state index in [-0.39, 0.29) is 0 Å². The van der Waals surface area contributed by atoms with Gasteiger partial charge in [0.2, 0.25) is 0 Å². The van der Waals surface area contributed by atoms with Crippen LogP contribution >= 0.6 is 0 Å². The van der Waals surface area contributed by atoms with Gasteiger partial charge in [0.05, 0.1) is 33.4 Å². The number of aryl methyl sites for hydroxylation is 2. The smallest absolute Gasteiger partial charge is 0.0626 e. The summed E-state index contributed by atoms with van der Waals surface area (Å²) in [5.74, 6) is 0. The van der Waals surface area contributed by atoms with Crippen LogP contribution in [0.5, 0.6) is 0 Å². The van der Waals surface area contributed by atoms with E-state index in [1.165, 1.54) is 93.2 Å². The van der Waals surface area contributed by atoms with Gasteiger partial charge in [-0.25, -0.2) is 0 Å². The van der Waals surface area contributed by atoms with Crippen molar-refractivity contribution in [3.63, 3.8) is 0 Å². The topological polar surface area (TPSA) is 9.86 Å². The lowest BCUT2D eigenvalue weighted by molar-refractivity contribution is 1.09. The van der Waals surface area contributed by atoms with Gasteiger partial charge in [0.15, 0.2) is 0 Å². The van der Waals surface area contributed by atoms with E-state index in [4.69, 9.17) is 0 Å². The maximum atomic E-state index is 2.55. The summed E-state index contributed by atoms with van der Waals surface area (Å²) in [7, 11) is 0. The van der Waals surface area contributed by atoms with Gasteiger partial charge < -0.3 is 9.13 Å². The Morgan fingerprint density at radius 1 is 0.349 bits per heavy atom. The van der Waals surface area contributed by atoms with E-state index >= 15 is 0 Å². The third-order valence-electron chi connectivity index (χ3n) is 9.51. The molecule has 0 amide bonds. The summed E-state index contributed by atoms with van der Waals surface area (Å²) in [5.41, 5.74) is 11.3. The van der Waals surface area contributed by atoms with E-state index in [0.29, 0.717) is 0 Å². The van der Waals surface area contributed by atoms with Crippen LogP contribution in [0.15, 0.2) is 127 Å². The van der Waals surface area contributed by atoms with Crippen molar-refractivity contribution in [2.75, 3.05) is 0 Å². The summed E-state index contributed by atoms with van der Waals surface area (Å²) in [6.07, 6.45) is 0. The first kappa shape index (κ1) is 24.3. The summed E-state index contributed by atoms with van der Waals surface area (Å²) < 4.78 is 5.03. The number of hydrogen-bond donors (Lipinski definition) is 0. The van der Waals surface area contributed by atoms with E-state index in [9.17, 15) is 0 Å². The van der Waals surface area contributed by atoms with Gasteiger partial charge in [-0.3, -0.25) is 0 Å². The molecule has 0 spiro atoms. The Bertz CT molecular complexity index is 2590. The molecule has 2 heteroatoms. The summed E-state index contributed by atoms with van der Waals surface area (Å²) in [6, 6.07) is 46.8. The highest BCUT2D eigenvalue weighted by Gasteiger charge is 2.22. The molecule has 0 radical (unpaired) electrons. The molecular weight excluding hydrogens is 520 g/mol. The van der Waals surface area contributed by atoms with Gasteiger partial charge in [-0.05, 0) is 71.8 Å². The molecule has 9 rings (SSSR count). The van der Waals surface area contributed by atoms with Gasteiger partial charge in [-0.2, -0.15) is 0 Å². The molecule has 2 heterocycles. The molecule has 0 atom stereocenters. The summed E-state index contributed by atoms with van der Waals surface area (Å²) in [6.45, 7) is 6.77. The molecule has 0 N–H and O–H groups in total. The lowest BCUT2D eigenvalue weighted by atomic mass is 9.96. The van der Waals surface area contributed by atoms with Crippen LogP contribution in [0.3, 0.4) is 0 Å². The molecule has 204 valence electrons. The fraction of sp³-hybridized carbons (Fsp3) is 0.0732. The minimum absolute atomic E-state index is 1.21. The Morgan fingerprint density at radius 3 is 1.53 bits per heavy atom. The molecule has 0 unspecified atom stereocenters. The summed E-state index contributed by atoms with van der Waals surface area (Å²) in [4.78, 5) is 0. The first-order valence-corrected chi connectivity index (χ1v) is 15.1. The third-order valence-corrected chi connectivity index (χ3v) is 9.51. The van der Waals surface area contributed by atoms with Crippen molar-refractivity contribution in [1.29, 1.82) is 0 Å². The van der Waals surface area contributed by atoms with Gasteiger partial charge in [0, 0.05) is 26.9 Å². The zero-order valence-corrected chi connectivity index (χ0v) is 24.5. The number of fused-ring (bicyclic) bond motifs is 11. The van der Waals surface area contributed by atoms with E-state index in [1.807, 2.05) is 0 Å².